The number of aryl methyl sites for hydroxylation is 1. The van der Waals surface area contributed by atoms with Gasteiger partial charge in [-0.25, -0.2) is 12.7 Å². The third-order valence-corrected chi connectivity index (χ3v) is 5.63. The predicted molar refractivity (Wildman–Crippen MR) is 102 cm³/mol. The molecule has 2 aromatic rings. The SMILES string of the molecule is Cc1ccc(S(=O)(=O)N(C)C)cc1NC(=O)COC(=O)Cc1ccccc1. The van der Waals surface area contributed by atoms with Gasteiger partial charge in [-0.2, -0.15) is 0 Å². The maximum Gasteiger partial charge on any atom is 0.310 e. The molecule has 0 spiro atoms. The van der Waals surface area contributed by atoms with Gasteiger partial charge in [-0.1, -0.05) is 36.4 Å². The number of anilines is 1. The Morgan fingerprint density at radius 3 is 2.37 bits per heavy atom. The van der Waals surface area contributed by atoms with Gasteiger partial charge in [-0.3, -0.25) is 9.59 Å². The van der Waals surface area contributed by atoms with Gasteiger partial charge >= 0.3 is 5.97 Å². The van der Waals surface area contributed by atoms with Crippen molar-refractivity contribution in [2.24, 2.45) is 0 Å². The topological polar surface area (TPSA) is 92.8 Å². The molecule has 7 nitrogen and oxygen atoms in total. The summed E-state index contributed by atoms with van der Waals surface area (Å²) in [6.07, 6.45) is 0.0731. The van der Waals surface area contributed by atoms with Crippen molar-refractivity contribution in [1.29, 1.82) is 0 Å². The van der Waals surface area contributed by atoms with Gasteiger partial charge in [0, 0.05) is 19.8 Å². The molecule has 1 N–H and O–H groups in total. The van der Waals surface area contributed by atoms with Crippen LogP contribution in [0.5, 0.6) is 0 Å². The van der Waals surface area contributed by atoms with Crippen molar-refractivity contribution in [2.75, 3.05) is 26.0 Å². The standard InChI is InChI=1S/C19H22N2O5S/c1-14-9-10-16(27(24,25)21(2)3)12-17(14)20-18(22)13-26-19(23)11-15-7-5-4-6-8-15/h4-10,12H,11,13H2,1-3H3,(H,20,22). The van der Waals surface area contributed by atoms with Gasteiger partial charge < -0.3 is 10.1 Å². The van der Waals surface area contributed by atoms with E-state index in [0.717, 1.165) is 9.87 Å². The Bertz CT molecular complexity index is 924. The first-order chi connectivity index (χ1) is 12.7. The van der Waals surface area contributed by atoms with Gasteiger partial charge in [0.15, 0.2) is 6.61 Å². The van der Waals surface area contributed by atoms with E-state index in [4.69, 9.17) is 4.74 Å². The zero-order chi connectivity index (χ0) is 20.0. The molecule has 0 saturated heterocycles. The second-order valence-electron chi connectivity index (χ2n) is 6.14. The average molecular weight is 390 g/mol. The van der Waals surface area contributed by atoms with Crippen molar-refractivity contribution in [3.8, 4) is 0 Å². The molecule has 0 aliphatic heterocycles. The van der Waals surface area contributed by atoms with Gasteiger partial charge in [-0.05, 0) is 30.2 Å². The van der Waals surface area contributed by atoms with E-state index in [1.54, 1.807) is 25.1 Å². The molecule has 0 aliphatic carbocycles. The van der Waals surface area contributed by atoms with Crippen molar-refractivity contribution in [3.63, 3.8) is 0 Å². The first-order valence-corrected chi connectivity index (χ1v) is 9.66. The molecule has 0 bridgehead atoms. The second kappa shape index (κ2) is 8.79. The van der Waals surface area contributed by atoms with Gasteiger partial charge in [0.25, 0.3) is 5.91 Å². The van der Waals surface area contributed by atoms with Crippen LogP contribution in [-0.4, -0.2) is 45.3 Å². The summed E-state index contributed by atoms with van der Waals surface area (Å²) in [6.45, 7) is 1.29. The highest BCUT2D eigenvalue weighted by molar-refractivity contribution is 7.89. The number of esters is 1. The molecule has 27 heavy (non-hydrogen) atoms. The van der Waals surface area contributed by atoms with Crippen molar-refractivity contribution >= 4 is 27.6 Å². The van der Waals surface area contributed by atoms with Crippen molar-refractivity contribution in [2.45, 2.75) is 18.2 Å². The molecular weight excluding hydrogens is 368 g/mol. The number of benzene rings is 2. The molecule has 0 fully saturated rings. The van der Waals surface area contributed by atoms with E-state index in [1.165, 1.54) is 26.2 Å². The summed E-state index contributed by atoms with van der Waals surface area (Å²) < 4.78 is 30.5. The average Bonchev–Trinajstić information content (AvgIpc) is 2.62. The molecule has 0 aromatic heterocycles. The molecule has 8 heteroatoms. The molecular formula is C19H22N2O5S. The highest BCUT2D eigenvalue weighted by Crippen LogP contribution is 2.22. The van der Waals surface area contributed by atoms with Crippen molar-refractivity contribution in [1.82, 2.24) is 4.31 Å². The second-order valence-corrected chi connectivity index (χ2v) is 8.29. The van der Waals surface area contributed by atoms with E-state index < -0.39 is 28.5 Å². The Morgan fingerprint density at radius 1 is 1.07 bits per heavy atom. The Hall–Kier alpha value is -2.71. The van der Waals surface area contributed by atoms with Gasteiger partial charge in [0.1, 0.15) is 0 Å². The van der Waals surface area contributed by atoms with Crippen LogP contribution in [-0.2, 0) is 30.8 Å². The quantitative estimate of drug-likeness (QED) is 0.730. The minimum atomic E-state index is -3.62. The number of nitrogens with zero attached hydrogens (tertiary/aromatic N) is 1. The molecule has 0 saturated carbocycles. The maximum atomic E-state index is 12.2. The molecule has 1 amide bonds. The van der Waals surface area contributed by atoms with Crippen molar-refractivity contribution < 1.29 is 22.7 Å². The molecule has 2 aromatic carbocycles. The van der Waals surface area contributed by atoms with Crippen molar-refractivity contribution in [3.05, 3.63) is 59.7 Å². The summed E-state index contributed by atoms with van der Waals surface area (Å²) in [4.78, 5) is 23.9. The molecule has 0 unspecified atom stereocenters. The number of carbonyl (C=O) groups excluding carboxylic acids is 2. The monoisotopic (exact) mass is 390 g/mol. The number of hydrogen-bond donors (Lipinski definition) is 1. The highest BCUT2D eigenvalue weighted by Gasteiger charge is 2.19. The van der Waals surface area contributed by atoms with Crippen LogP contribution in [0.2, 0.25) is 0 Å². The fourth-order valence-corrected chi connectivity index (χ4v) is 3.18. The molecule has 0 aliphatic rings. The lowest BCUT2D eigenvalue weighted by Crippen LogP contribution is -2.24. The lowest BCUT2D eigenvalue weighted by Gasteiger charge is -2.14. The minimum Gasteiger partial charge on any atom is -0.455 e. The van der Waals surface area contributed by atoms with Gasteiger partial charge in [0.05, 0.1) is 11.3 Å². The van der Waals surface area contributed by atoms with Gasteiger partial charge in [-0.15, -0.1) is 0 Å². The molecule has 0 atom stereocenters. The number of hydrogen-bond acceptors (Lipinski definition) is 5. The van der Waals surface area contributed by atoms with E-state index in [1.807, 2.05) is 18.2 Å². The third-order valence-electron chi connectivity index (χ3n) is 3.82. The first kappa shape index (κ1) is 20.6. The van der Waals surface area contributed by atoms with Crippen LogP contribution in [0.1, 0.15) is 11.1 Å². The lowest BCUT2D eigenvalue weighted by atomic mass is 10.2. The Morgan fingerprint density at radius 2 is 1.74 bits per heavy atom. The molecule has 0 radical (unpaired) electrons. The molecule has 0 heterocycles. The van der Waals surface area contributed by atoms with Crippen LogP contribution in [0.3, 0.4) is 0 Å². The van der Waals surface area contributed by atoms with E-state index in [0.29, 0.717) is 11.3 Å². The first-order valence-electron chi connectivity index (χ1n) is 8.22. The molecule has 2 rings (SSSR count). The normalized spacial score (nSPS) is 11.3. The number of ether oxygens (including phenoxy) is 1. The summed E-state index contributed by atoms with van der Waals surface area (Å²) in [7, 11) is -0.755. The van der Waals surface area contributed by atoms with Crippen LogP contribution >= 0.6 is 0 Å². The zero-order valence-corrected chi connectivity index (χ0v) is 16.2. The summed E-state index contributed by atoms with van der Waals surface area (Å²) in [6, 6.07) is 13.5. The van der Waals surface area contributed by atoms with E-state index in [9.17, 15) is 18.0 Å². The molecule has 144 valence electrons. The number of amides is 1. The van der Waals surface area contributed by atoms with Crippen LogP contribution in [0.4, 0.5) is 5.69 Å². The lowest BCUT2D eigenvalue weighted by molar-refractivity contribution is -0.146. The maximum absolute atomic E-state index is 12.2. The summed E-state index contributed by atoms with van der Waals surface area (Å²) in [5.41, 5.74) is 1.83. The van der Waals surface area contributed by atoms with E-state index in [-0.39, 0.29) is 11.3 Å². The number of nitrogens with one attached hydrogen (secondary N) is 1. The van der Waals surface area contributed by atoms with Crippen LogP contribution in [0, 0.1) is 6.92 Å². The fourth-order valence-electron chi connectivity index (χ4n) is 2.25. The number of rotatable bonds is 7. The summed E-state index contributed by atoms with van der Waals surface area (Å²) in [5.74, 6) is -1.06. The smallest absolute Gasteiger partial charge is 0.310 e. The largest absolute Gasteiger partial charge is 0.455 e. The minimum absolute atomic E-state index is 0.0643. The van der Waals surface area contributed by atoms with Gasteiger partial charge in [0.2, 0.25) is 10.0 Å². The van der Waals surface area contributed by atoms with E-state index >= 15 is 0 Å². The fraction of sp³-hybridized carbons (Fsp3) is 0.263. The Balaban J connectivity index is 1.98. The van der Waals surface area contributed by atoms with Crippen LogP contribution < -0.4 is 5.32 Å². The van der Waals surface area contributed by atoms with Crippen LogP contribution in [0.15, 0.2) is 53.4 Å². The van der Waals surface area contributed by atoms with Crippen LogP contribution in [0.25, 0.3) is 0 Å². The zero-order valence-electron chi connectivity index (χ0n) is 15.4. The Labute approximate surface area is 159 Å². The van der Waals surface area contributed by atoms with E-state index in [2.05, 4.69) is 5.32 Å². The number of sulfonamides is 1. The third kappa shape index (κ3) is 5.63. The predicted octanol–water partition coefficient (Wildman–Crippen LogP) is 1.97. The summed E-state index contributed by atoms with van der Waals surface area (Å²) >= 11 is 0. The number of carbonyl (C=O) groups is 2. The Kier molecular flexibility index (Phi) is 6.70. The summed E-state index contributed by atoms with van der Waals surface area (Å²) in [5, 5.41) is 2.58. The highest BCUT2D eigenvalue weighted by atomic mass is 32.2.